The average molecular weight is 349 g/mol. The number of rotatable bonds is 4. The molecule has 2 unspecified atom stereocenters. The van der Waals surface area contributed by atoms with Crippen LogP contribution in [0.3, 0.4) is 0 Å². The van der Waals surface area contributed by atoms with Crippen LogP contribution in [0.15, 0.2) is 6.07 Å². The number of nitrogens with one attached hydrogen (secondary N) is 2. The highest BCUT2D eigenvalue weighted by Crippen LogP contribution is 2.19. The number of aryl methyl sites for hydroxylation is 2. The molecule has 1 aromatic heterocycles. The fourth-order valence-electron chi connectivity index (χ4n) is 3.34. The summed E-state index contributed by atoms with van der Waals surface area (Å²) in [6, 6.07) is 2.24. The maximum absolute atomic E-state index is 12.6. The van der Waals surface area contributed by atoms with Crippen molar-refractivity contribution in [3.8, 4) is 0 Å². The van der Waals surface area contributed by atoms with Crippen LogP contribution in [0.25, 0.3) is 0 Å². The van der Waals surface area contributed by atoms with Gasteiger partial charge < -0.3 is 15.0 Å². The van der Waals surface area contributed by atoms with E-state index in [1.54, 1.807) is 0 Å². The van der Waals surface area contributed by atoms with Crippen LogP contribution in [-0.2, 0) is 4.74 Å². The van der Waals surface area contributed by atoms with Crippen LogP contribution in [0.5, 0.6) is 0 Å². The molecule has 2 rings (SSSR count). The van der Waals surface area contributed by atoms with E-state index in [2.05, 4.69) is 22.1 Å². The number of Topliss-reactive ketones (excluding diaryl/α,β-unsaturated/α-hetero) is 1. The van der Waals surface area contributed by atoms with Gasteiger partial charge in [-0.15, -0.1) is 0 Å². The number of carbonyl (C=O) groups is 2. The molecule has 2 N–H and O–H groups in total. The molecule has 0 saturated carbocycles. The number of amides is 1. The van der Waals surface area contributed by atoms with Crippen LogP contribution in [0.4, 0.5) is 4.79 Å². The second-order valence-electron chi connectivity index (χ2n) is 8.10. The fraction of sp³-hybridized carbons (Fsp3) is 0.684. The molecule has 25 heavy (non-hydrogen) atoms. The zero-order chi connectivity index (χ0) is 18.8. The summed E-state index contributed by atoms with van der Waals surface area (Å²) in [5.74, 6) is 0.146. The van der Waals surface area contributed by atoms with Gasteiger partial charge in [0.2, 0.25) is 0 Å². The molecule has 1 aromatic rings. The summed E-state index contributed by atoms with van der Waals surface area (Å²) in [4.78, 5) is 29.8. The first-order valence-corrected chi connectivity index (χ1v) is 8.98. The van der Waals surface area contributed by atoms with Crippen LogP contribution in [0.2, 0.25) is 0 Å². The van der Waals surface area contributed by atoms with E-state index < -0.39 is 5.60 Å². The zero-order valence-corrected chi connectivity index (χ0v) is 16.2. The van der Waals surface area contributed by atoms with Gasteiger partial charge in [0.15, 0.2) is 5.78 Å². The summed E-state index contributed by atoms with van der Waals surface area (Å²) in [5, 5.41) is 2.95. The van der Waals surface area contributed by atoms with Crippen molar-refractivity contribution in [2.75, 3.05) is 13.1 Å². The van der Waals surface area contributed by atoms with Gasteiger partial charge in [-0.1, -0.05) is 0 Å². The maximum Gasteiger partial charge on any atom is 0.407 e. The standard InChI is InChI=1S/C19H31N3O3/c1-12-9-16(14(3)20-12)17(23)11-22-8-7-15(10-13(22)2)21-18(24)25-19(4,5)6/h9,13,15,20H,7-8,10-11H2,1-6H3,(H,21,24). The molecule has 0 aromatic carbocycles. The van der Waals surface area contributed by atoms with Crippen LogP contribution in [0.1, 0.15) is 62.3 Å². The van der Waals surface area contributed by atoms with Crippen molar-refractivity contribution in [3.05, 3.63) is 23.0 Å². The number of hydrogen-bond donors (Lipinski definition) is 2. The van der Waals surface area contributed by atoms with Gasteiger partial charge in [-0.3, -0.25) is 9.69 Å². The molecule has 0 radical (unpaired) electrons. The molecule has 2 heterocycles. The number of ketones is 1. The van der Waals surface area contributed by atoms with E-state index in [4.69, 9.17) is 4.74 Å². The summed E-state index contributed by atoms with van der Waals surface area (Å²) in [5.41, 5.74) is 2.22. The van der Waals surface area contributed by atoms with Gasteiger partial charge in [-0.05, 0) is 60.5 Å². The molecule has 0 aliphatic carbocycles. The molecule has 1 aliphatic heterocycles. The Morgan fingerprint density at radius 3 is 2.56 bits per heavy atom. The van der Waals surface area contributed by atoms with Crippen LogP contribution < -0.4 is 5.32 Å². The Morgan fingerprint density at radius 2 is 2.04 bits per heavy atom. The number of alkyl carbamates (subject to hydrolysis) is 1. The number of likely N-dealkylation sites (tertiary alicyclic amines) is 1. The van der Waals surface area contributed by atoms with Crippen molar-refractivity contribution in [2.24, 2.45) is 0 Å². The highest BCUT2D eigenvalue weighted by Gasteiger charge is 2.29. The summed E-state index contributed by atoms with van der Waals surface area (Å²) in [6.07, 6.45) is 1.27. The Morgan fingerprint density at radius 1 is 1.36 bits per heavy atom. The van der Waals surface area contributed by atoms with Crippen LogP contribution in [0, 0.1) is 13.8 Å². The molecule has 1 fully saturated rings. The molecular formula is C19H31N3O3. The van der Waals surface area contributed by atoms with Gasteiger partial charge in [0.05, 0.1) is 6.54 Å². The SMILES string of the molecule is Cc1cc(C(=O)CN2CCC(NC(=O)OC(C)(C)C)CC2C)c(C)[nH]1. The minimum atomic E-state index is -0.491. The molecule has 1 amide bonds. The van der Waals surface area contributed by atoms with E-state index in [0.29, 0.717) is 6.54 Å². The van der Waals surface area contributed by atoms with Gasteiger partial charge in [-0.25, -0.2) is 4.79 Å². The molecule has 0 spiro atoms. The number of H-pyrrole nitrogens is 1. The van der Waals surface area contributed by atoms with E-state index in [1.807, 2.05) is 40.7 Å². The number of nitrogens with zero attached hydrogens (tertiary/aromatic N) is 1. The zero-order valence-electron chi connectivity index (χ0n) is 16.2. The first-order chi connectivity index (χ1) is 11.5. The number of piperidine rings is 1. The number of hydrogen-bond acceptors (Lipinski definition) is 4. The lowest BCUT2D eigenvalue weighted by atomic mass is 9.97. The summed E-state index contributed by atoms with van der Waals surface area (Å²) in [7, 11) is 0. The fourth-order valence-corrected chi connectivity index (χ4v) is 3.34. The van der Waals surface area contributed by atoms with Crippen molar-refractivity contribution in [1.82, 2.24) is 15.2 Å². The smallest absolute Gasteiger partial charge is 0.407 e. The maximum atomic E-state index is 12.6. The first-order valence-electron chi connectivity index (χ1n) is 8.98. The minimum Gasteiger partial charge on any atom is -0.444 e. The predicted octanol–water partition coefficient (Wildman–Crippen LogP) is 3.19. The third-order valence-corrected chi connectivity index (χ3v) is 4.53. The Bertz CT molecular complexity index is 630. The Balaban J connectivity index is 1.86. The highest BCUT2D eigenvalue weighted by atomic mass is 16.6. The number of ether oxygens (including phenoxy) is 1. The Labute approximate surface area is 150 Å². The number of carbonyl (C=O) groups excluding carboxylic acids is 2. The lowest BCUT2D eigenvalue weighted by Crippen LogP contribution is -2.50. The van der Waals surface area contributed by atoms with E-state index in [-0.39, 0.29) is 24.0 Å². The number of aromatic nitrogens is 1. The number of aromatic amines is 1. The van der Waals surface area contributed by atoms with Crippen molar-refractivity contribution < 1.29 is 14.3 Å². The second kappa shape index (κ2) is 7.60. The molecule has 140 valence electrons. The molecular weight excluding hydrogens is 318 g/mol. The molecule has 1 aliphatic rings. The topological polar surface area (TPSA) is 74.4 Å². The second-order valence-corrected chi connectivity index (χ2v) is 8.10. The van der Waals surface area contributed by atoms with E-state index in [0.717, 1.165) is 36.3 Å². The summed E-state index contributed by atoms with van der Waals surface area (Å²) < 4.78 is 5.32. The largest absolute Gasteiger partial charge is 0.444 e. The predicted molar refractivity (Wildman–Crippen MR) is 98.0 cm³/mol. The first kappa shape index (κ1) is 19.5. The quantitative estimate of drug-likeness (QED) is 0.819. The molecule has 6 heteroatoms. The third-order valence-electron chi connectivity index (χ3n) is 4.53. The monoisotopic (exact) mass is 349 g/mol. The van der Waals surface area contributed by atoms with Crippen LogP contribution >= 0.6 is 0 Å². The Hall–Kier alpha value is -1.82. The minimum absolute atomic E-state index is 0.0902. The lowest BCUT2D eigenvalue weighted by Gasteiger charge is -2.37. The molecule has 0 bridgehead atoms. The van der Waals surface area contributed by atoms with Gasteiger partial charge >= 0.3 is 6.09 Å². The van der Waals surface area contributed by atoms with E-state index in [9.17, 15) is 9.59 Å². The third kappa shape index (κ3) is 5.59. The van der Waals surface area contributed by atoms with E-state index >= 15 is 0 Å². The molecule has 1 saturated heterocycles. The lowest BCUT2D eigenvalue weighted by molar-refractivity contribution is 0.0451. The van der Waals surface area contributed by atoms with Gasteiger partial charge in [-0.2, -0.15) is 0 Å². The van der Waals surface area contributed by atoms with Crippen molar-refractivity contribution in [2.45, 2.75) is 72.1 Å². The van der Waals surface area contributed by atoms with E-state index in [1.165, 1.54) is 0 Å². The van der Waals surface area contributed by atoms with Crippen LogP contribution in [-0.4, -0.2) is 52.5 Å². The average Bonchev–Trinajstić information content (AvgIpc) is 2.78. The summed E-state index contributed by atoms with van der Waals surface area (Å²) >= 11 is 0. The van der Waals surface area contributed by atoms with Gasteiger partial charge in [0.1, 0.15) is 5.60 Å². The summed E-state index contributed by atoms with van der Waals surface area (Å²) in [6.45, 7) is 12.8. The molecule has 6 nitrogen and oxygen atoms in total. The van der Waals surface area contributed by atoms with Crippen molar-refractivity contribution in [3.63, 3.8) is 0 Å². The normalized spacial score (nSPS) is 21.8. The van der Waals surface area contributed by atoms with Gasteiger partial charge in [0, 0.05) is 35.6 Å². The van der Waals surface area contributed by atoms with Crippen molar-refractivity contribution >= 4 is 11.9 Å². The van der Waals surface area contributed by atoms with Gasteiger partial charge in [0.25, 0.3) is 0 Å². The highest BCUT2D eigenvalue weighted by molar-refractivity contribution is 5.98. The molecule has 2 atom stereocenters. The van der Waals surface area contributed by atoms with Crippen molar-refractivity contribution in [1.29, 1.82) is 0 Å². The Kier molecular flexibility index (Phi) is 5.93.